The zero-order valence-electron chi connectivity index (χ0n) is 10.1. The van der Waals surface area contributed by atoms with E-state index in [9.17, 15) is 4.79 Å². The summed E-state index contributed by atoms with van der Waals surface area (Å²) in [6, 6.07) is 12.5. The van der Waals surface area contributed by atoms with E-state index < -0.39 is 0 Å². The maximum absolute atomic E-state index is 10.6. The number of benzene rings is 1. The van der Waals surface area contributed by atoms with Gasteiger partial charge in [0, 0.05) is 4.88 Å². The molecule has 88 valence electrons. The Kier molecular flexibility index (Phi) is 3.75. The SMILES string of the molecule is CCC(C)c1ccc(-c2ccc(C=O)s2)cc1. The summed E-state index contributed by atoms with van der Waals surface area (Å²) in [5.74, 6) is 0.609. The van der Waals surface area contributed by atoms with Crippen LogP contribution < -0.4 is 0 Å². The van der Waals surface area contributed by atoms with Crippen LogP contribution in [0.3, 0.4) is 0 Å². The molecule has 1 nitrogen and oxygen atoms in total. The fraction of sp³-hybridized carbons (Fsp3) is 0.267. The first-order valence-electron chi connectivity index (χ1n) is 5.90. The fourth-order valence-electron chi connectivity index (χ4n) is 1.78. The van der Waals surface area contributed by atoms with Gasteiger partial charge in [0.05, 0.1) is 4.88 Å². The Bertz CT molecular complexity index is 496. The van der Waals surface area contributed by atoms with E-state index in [4.69, 9.17) is 0 Å². The Labute approximate surface area is 106 Å². The molecule has 0 aliphatic heterocycles. The van der Waals surface area contributed by atoms with Gasteiger partial charge in [-0.2, -0.15) is 0 Å². The van der Waals surface area contributed by atoms with Crippen LogP contribution in [0, 0.1) is 0 Å². The first kappa shape index (κ1) is 12.1. The van der Waals surface area contributed by atoms with Gasteiger partial charge >= 0.3 is 0 Å². The van der Waals surface area contributed by atoms with Crippen LogP contribution in [0.4, 0.5) is 0 Å². The number of thiophene rings is 1. The Morgan fingerprint density at radius 3 is 2.41 bits per heavy atom. The van der Waals surface area contributed by atoms with Crippen LogP contribution in [0.1, 0.15) is 41.4 Å². The maximum Gasteiger partial charge on any atom is 0.160 e. The van der Waals surface area contributed by atoms with Gasteiger partial charge in [-0.1, -0.05) is 38.1 Å². The predicted octanol–water partition coefficient (Wildman–Crippen LogP) is 4.74. The standard InChI is InChI=1S/C15H16OS/c1-3-11(2)12-4-6-13(7-5-12)15-9-8-14(10-16)17-15/h4-11H,3H2,1-2H3. The molecule has 0 bridgehead atoms. The minimum absolute atomic E-state index is 0.609. The molecular formula is C15H16OS. The Morgan fingerprint density at radius 2 is 1.88 bits per heavy atom. The fourth-order valence-corrected chi connectivity index (χ4v) is 2.61. The summed E-state index contributed by atoms with van der Waals surface area (Å²) in [5, 5.41) is 0. The molecule has 0 spiro atoms. The predicted molar refractivity (Wildman–Crippen MR) is 73.8 cm³/mol. The first-order valence-corrected chi connectivity index (χ1v) is 6.71. The van der Waals surface area contributed by atoms with E-state index >= 15 is 0 Å². The molecule has 1 aromatic heterocycles. The van der Waals surface area contributed by atoms with Gasteiger partial charge in [0.25, 0.3) is 0 Å². The molecule has 17 heavy (non-hydrogen) atoms. The monoisotopic (exact) mass is 244 g/mol. The molecule has 0 aliphatic rings. The Balaban J connectivity index is 2.25. The second-order valence-corrected chi connectivity index (χ2v) is 5.37. The summed E-state index contributed by atoms with van der Waals surface area (Å²) in [4.78, 5) is 12.6. The number of carbonyl (C=O) groups is 1. The summed E-state index contributed by atoms with van der Waals surface area (Å²) >= 11 is 1.54. The zero-order chi connectivity index (χ0) is 12.3. The van der Waals surface area contributed by atoms with Crippen molar-refractivity contribution >= 4 is 17.6 Å². The van der Waals surface area contributed by atoms with Crippen molar-refractivity contribution in [3.05, 3.63) is 46.8 Å². The van der Waals surface area contributed by atoms with Crippen molar-refractivity contribution in [1.29, 1.82) is 0 Å². The number of carbonyl (C=O) groups excluding carboxylic acids is 1. The third kappa shape index (κ3) is 2.64. The van der Waals surface area contributed by atoms with E-state index in [-0.39, 0.29) is 0 Å². The highest BCUT2D eigenvalue weighted by Gasteiger charge is 2.05. The van der Waals surface area contributed by atoms with E-state index in [1.54, 1.807) is 0 Å². The van der Waals surface area contributed by atoms with Gasteiger partial charge in [-0.25, -0.2) is 0 Å². The van der Waals surface area contributed by atoms with Gasteiger partial charge in [-0.05, 0) is 35.6 Å². The molecule has 1 unspecified atom stereocenters. The van der Waals surface area contributed by atoms with E-state index in [1.165, 1.54) is 22.5 Å². The Hall–Kier alpha value is -1.41. The molecule has 2 rings (SSSR count). The minimum Gasteiger partial charge on any atom is -0.297 e. The average molecular weight is 244 g/mol. The quantitative estimate of drug-likeness (QED) is 0.710. The molecule has 1 heterocycles. The lowest BCUT2D eigenvalue weighted by molar-refractivity contribution is 0.112. The third-order valence-electron chi connectivity index (χ3n) is 3.12. The lowest BCUT2D eigenvalue weighted by atomic mass is 9.97. The summed E-state index contributed by atoms with van der Waals surface area (Å²) in [6.45, 7) is 4.44. The van der Waals surface area contributed by atoms with Gasteiger partial charge in [-0.3, -0.25) is 4.79 Å². The molecule has 0 saturated heterocycles. The van der Waals surface area contributed by atoms with Crippen molar-refractivity contribution in [1.82, 2.24) is 0 Å². The molecule has 1 aromatic carbocycles. The largest absolute Gasteiger partial charge is 0.297 e. The van der Waals surface area contributed by atoms with Crippen LogP contribution in [0.25, 0.3) is 10.4 Å². The van der Waals surface area contributed by atoms with Crippen molar-refractivity contribution in [2.75, 3.05) is 0 Å². The van der Waals surface area contributed by atoms with Crippen molar-refractivity contribution in [3.8, 4) is 10.4 Å². The molecule has 0 aliphatic carbocycles. The summed E-state index contributed by atoms with van der Waals surface area (Å²) in [7, 11) is 0. The number of rotatable bonds is 4. The van der Waals surface area contributed by atoms with Gasteiger partial charge in [0.15, 0.2) is 6.29 Å². The van der Waals surface area contributed by atoms with Crippen molar-refractivity contribution in [2.24, 2.45) is 0 Å². The molecule has 0 fully saturated rings. The van der Waals surface area contributed by atoms with E-state index in [0.717, 1.165) is 22.5 Å². The third-order valence-corrected chi connectivity index (χ3v) is 4.18. The molecule has 0 amide bonds. The lowest BCUT2D eigenvalue weighted by Gasteiger charge is -2.09. The van der Waals surface area contributed by atoms with Crippen LogP contribution in [0.5, 0.6) is 0 Å². The van der Waals surface area contributed by atoms with E-state index in [0.29, 0.717) is 5.92 Å². The smallest absolute Gasteiger partial charge is 0.160 e. The first-order chi connectivity index (χ1) is 8.24. The van der Waals surface area contributed by atoms with Gasteiger partial charge in [-0.15, -0.1) is 11.3 Å². The Morgan fingerprint density at radius 1 is 1.18 bits per heavy atom. The number of hydrogen-bond acceptors (Lipinski definition) is 2. The van der Waals surface area contributed by atoms with Crippen molar-refractivity contribution in [3.63, 3.8) is 0 Å². The molecule has 0 N–H and O–H groups in total. The highest BCUT2D eigenvalue weighted by molar-refractivity contribution is 7.17. The van der Waals surface area contributed by atoms with Gasteiger partial charge < -0.3 is 0 Å². The topological polar surface area (TPSA) is 17.1 Å². The lowest BCUT2D eigenvalue weighted by Crippen LogP contribution is -1.90. The summed E-state index contributed by atoms with van der Waals surface area (Å²) in [6.07, 6.45) is 2.06. The molecule has 2 heteroatoms. The number of hydrogen-bond donors (Lipinski definition) is 0. The van der Waals surface area contributed by atoms with Gasteiger partial charge in [0.1, 0.15) is 0 Å². The van der Waals surface area contributed by atoms with Gasteiger partial charge in [0.2, 0.25) is 0 Å². The van der Waals surface area contributed by atoms with Crippen LogP contribution >= 0.6 is 11.3 Å². The number of aldehydes is 1. The molecule has 0 saturated carbocycles. The normalized spacial score (nSPS) is 12.4. The molecular weight excluding hydrogens is 228 g/mol. The molecule has 1 atom stereocenters. The maximum atomic E-state index is 10.6. The van der Waals surface area contributed by atoms with Crippen LogP contribution in [-0.2, 0) is 0 Å². The zero-order valence-corrected chi connectivity index (χ0v) is 11.0. The highest BCUT2D eigenvalue weighted by atomic mass is 32.1. The molecule has 2 aromatic rings. The summed E-state index contributed by atoms with van der Waals surface area (Å²) in [5.41, 5.74) is 2.57. The summed E-state index contributed by atoms with van der Waals surface area (Å²) < 4.78 is 0. The average Bonchev–Trinajstić information content (AvgIpc) is 2.87. The van der Waals surface area contributed by atoms with Crippen LogP contribution in [0.15, 0.2) is 36.4 Å². The van der Waals surface area contributed by atoms with Crippen molar-refractivity contribution < 1.29 is 4.79 Å². The minimum atomic E-state index is 0.609. The second kappa shape index (κ2) is 5.28. The van der Waals surface area contributed by atoms with E-state index in [1.807, 2.05) is 12.1 Å². The molecule has 0 radical (unpaired) electrons. The van der Waals surface area contributed by atoms with E-state index in [2.05, 4.69) is 38.1 Å². The van der Waals surface area contributed by atoms with Crippen molar-refractivity contribution in [2.45, 2.75) is 26.2 Å². The van der Waals surface area contributed by atoms with Crippen LogP contribution in [-0.4, -0.2) is 6.29 Å². The highest BCUT2D eigenvalue weighted by Crippen LogP contribution is 2.29. The second-order valence-electron chi connectivity index (χ2n) is 4.25. The van der Waals surface area contributed by atoms with Crippen LogP contribution in [0.2, 0.25) is 0 Å².